The molecule has 2 heterocycles. The minimum absolute atomic E-state index is 0.205. The summed E-state index contributed by atoms with van der Waals surface area (Å²) in [6.07, 6.45) is 0. The van der Waals surface area contributed by atoms with Crippen molar-refractivity contribution in [1.29, 1.82) is 0 Å². The number of para-hydroxylation sites is 1. The summed E-state index contributed by atoms with van der Waals surface area (Å²) in [5, 5.41) is 7.09. The van der Waals surface area contributed by atoms with Gasteiger partial charge in [0.25, 0.3) is 11.5 Å². The van der Waals surface area contributed by atoms with Crippen molar-refractivity contribution >= 4 is 23.4 Å². The van der Waals surface area contributed by atoms with Gasteiger partial charge < -0.3 is 10.2 Å². The van der Waals surface area contributed by atoms with Gasteiger partial charge in [0.05, 0.1) is 5.69 Å². The van der Waals surface area contributed by atoms with Crippen molar-refractivity contribution in [1.82, 2.24) is 15.1 Å². The van der Waals surface area contributed by atoms with Crippen molar-refractivity contribution in [3.05, 3.63) is 88.3 Å². The van der Waals surface area contributed by atoms with E-state index in [-0.39, 0.29) is 17.2 Å². The van der Waals surface area contributed by atoms with Crippen LogP contribution in [0.15, 0.2) is 71.5 Å². The van der Waals surface area contributed by atoms with Gasteiger partial charge in [-0.1, -0.05) is 30.3 Å². The predicted molar refractivity (Wildman–Crippen MR) is 117 cm³/mol. The van der Waals surface area contributed by atoms with Crippen LogP contribution >= 0.6 is 11.8 Å². The van der Waals surface area contributed by atoms with E-state index in [2.05, 4.69) is 27.4 Å². The maximum atomic E-state index is 12.5. The number of amides is 1. The monoisotopic (exact) mass is 406 g/mol. The molecule has 1 aromatic heterocycles. The minimum atomic E-state index is -0.313. The highest BCUT2D eigenvalue weighted by Crippen LogP contribution is 2.19. The van der Waals surface area contributed by atoms with Crippen LogP contribution in [0.3, 0.4) is 0 Å². The van der Waals surface area contributed by atoms with Gasteiger partial charge in [-0.25, -0.2) is 0 Å². The lowest BCUT2D eigenvalue weighted by atomic mass is 10.2. The predicted octanol–water partition coefficient (Wildman–Crippen LogP) is 2.72. The lowest BCUT2D eigenvalue weighted by Crippen LogP contribution is -2.32. The second kappa shape index (κ2) is 8.96. The first-order valence-corrected chi connectivity index (χ1v) is 10.7. The molecule has 1 saturated heterocycles. The molecule has 7 heteroatoms. The van der Waals surface area contributed by atoms with E-state index < -0.39 is 0 Å². The Kier molecular flexibility index (Phi) is 5.95. The fraction of sp³-hybridized carbons (Fsp3) is 0.227. The van der Waals surface area contributed by atoms with Crippen LogP contribution in [0, 0.1) is 0 Å². The fourth-order valence-corrected chi connectivity index (χ4v) is 4.11. The highest BCUT2D eigenvalue weighted by molar-refractivity contribution is 7.99. The van der Waals surface area contributed by atoms with Crippen molar-refractivity contribution in [3.8, 4) is 5.69 Å². The van der Waals surface area contributed by atoms with Crippen LogP contribution in [0.4, 0.5) is 5.69 Å². The number of hydrogen-bond acceptors (Lipinski definition) is 5. The molecule has 1 amide bonds. The van der Waals surface area contributed by atoms with Gasteiger partial charge >= 0.3 is 0 Å². The SMILES string of the molecule is O=C(NCc1ccc(N2CCSCC2)cc1)c1ccc(=O)n(-c2ccccc2)n1. The quantitative estimate of drug-likeness (QED) is 0.706. The highest BCUT2D eigenvalue weighted by Gasteiger charge is 2.12. The first-order valence-electron chi connectivity index (χ1n) is 9.56. The molecule has 0 aliphatic carbocycles. The summed E-state index contributed by atoms with van der Waals surface area (Å²) >= 11 is 1.99. The van der Waals surface area contributed by atoms with Gasteiger partial charge in [-0.3, -0.25) is 9.59 Å². The zero-order valence-electron chi connectivity index (χ0n) is 16.0. The first-order chi connectivity index (χ1) is 14.2. The Hall–Kier alpha value is -3.06. The Labute approximate surface area is 173 Å². The van der Waals surface area contributed by atoms with E-state index in [1.165, 1.54) is 22.5 Å². The summed E-state index contributed by atoms with van der Waals surface area (Å²) in [5.74, 6) is 2.01. The molecule has 1 aliphatic rings. The molecule has 0 unspecified atom stereocenters. The number of carbonyl (C=O) groups excluding carboxylic acids is 1. The molecule has 29 heavy (non-hydrogen) atoms. The minimum Gasteiger partial charge on any atom is -0.370 e. The number of nitrogens with zero attached hydrogens (tertiary/aromatic N) is 3. The van der Waals surface area contributed by atoms with Crippen LogP contribution in [0.5, 0.6) is 0 Å². The zero-order chi connectivity index (χ0) is 20.1. The van der Waals surface area contributed by atoms with E-state index in [0.29, 0.717) is 12.2 Å². The maximum absolute atomic E-state index is 12.5. The Balaban J connectivity index is 1.41. The fourth-order valence-electron chi connectivity index (χ4n) is 3.21. The number of nitrogens with one attached hydrogen (secondary N) is 1. The molecule has 0 saturated carbocycles. The largest absolute Gasteiger partial charge is 0.370 e. The summed E-state index contributed by atoms with van der Waals surface area (Å²) in [6, 6.07) is 20.2. The Morgan fingerprint density at radius 1 is 0.931 bits per heavy atom. The Morgan fingerprint density at radius 3 is 2.38 bits per heavy atom. The third-order valence-electron chi connectivity index (χ3n) is 4.80. The van der Waals surface area contributed by atoms with Gasteiger partial charge in [-0.15, -0.1) is 0 Å². The van der Waals surface area contributed by atoms with Crippen molar-refractivity contribution in [2.75, 3.05) is 29.5 Å². The number of carbonyl (C=O) groups is 1. The van der Waals surface area contributed by atoms with Gasteiger partial charge in [0.1, 0.15) is 5.69 Å². The summed E-state index contributed by atoms with van der Waals surface area (Å²) in [7, 11) is 0. The van der Waals surface area contributed by atoms with Crippen molar-refractivity contribution in [2.45, 2.75) is 6.54 Å². The van der Waals surface area contributed by atoms with Crippen LogP contribution in [-0.2, 0) is 6.54 Å². The van der Waals surface area contributed by atoms with Crippen LogP contribution in [-0.4, -0.2) is 40.3 Å². The molecule has 1 aliphatic heterocycles. The standard InChI is InChI=1S/C22H22N4O2S/c27-21-11-10-20(24-26(21)19-4-2-1-3-5-19)22(28)23-16-17-6-8-18(9-7-17)25-12-14-29-15-13-25/h1-11H,12-16H2,(H,23,28). The average molecular weight is 407 g/mol. The summed E-state index contributed by atoms with van der Waals surface area (Å²) in [5.41, 5.74) is 2.79. The number of anilines is 1. The summed E-state index contributed by atoms with van der Waals surface area (Å²) < 4.78 is 1.24. The van der Waals surface area contributed by atoms with Gasteiger partial charge in [0.2, 0.25) is 0 Å². The van der Waals surface area contributed by atoms with Crippen LogP contribution in [0.1, 0.15) is 16.1 Å². The van der Waals surface area contributed by atoms with Crippen LogP contribution in [0.2, 0.25) is 0 Å². The Bertz CT molecular complexity index is 1030. The molecular formula is C22H22N4O2S. The van der Waals surface area contributed by atoms with Crippen LogP contribution in [0.25, 0.3) is 5.69 Å². The second-order valence-corrected chi connectivity index (χ2v) is 7.98. The number of hydrogen-bond donors (Lipinski definition) is 1. The molecule has 0 radical (unpaired) electrons. The molecular weight excluding hydrogens is 384 g/mol. The molecule has 3 aromatic rings. The number of aromatic nitrogens is 2. The van der Waals surface area contributed by atoms with E-state index in [0.717, 1.165) is 30.2 Å². The molecule has 1 fully saturated rings. The molecule has 0 bridgehead atoms. The smallest absolute Gasteiger partial charge is 0.272 e. The van der Waals surface area contributed by atoms with E-state index >= 15 is 0 Å². The number of rotatable bonds is 5. The molecule has 0 spiro atoms. The topological polar surface area (TPSA) is 67.2 Å². The normalized spacial score (nSPS) is 13.9. The Morgan fingerprint density at radius 2 is 1.66 bits per heavy atom. The maximum Gasteiger partial charge on any atom is 0.272 e. The lowest BCUT2D eigenvalue weighted by Gasteiger charge is -2.28. The second-order valence-electron chi connectivity index (χ2n) is 6.75. The molecule has 2 aromatic carbocycles. The molecule has 6 nitrogen and oxygen atoms in total. The highest BCUT2D eigenvalue weighted by atomic mass is 32.2. The van der Waals surface area contributed by atoms with E-state index in [1.54, 1.807) is 12.1 Å². The number of thioether (sulfide) groups is 1. The zero-order valence-corrected chi connectivity index (χ0v) is 16.8. The van der Waals surface area contributed by atoms with Crippen molar-refractivity contribution in [3.63, 3.8) is 0 Å². The summed E-state index contributed by atoms with van der Waals surface area (Å²) in [6.45, 7) is 2.55. The number of benzene rings is 2. The molecule has 1 N–H and O–H groups in total. The van der Waals surface area contributed by atoms with Crippen molar-refractivity contribution in [2.24, 2.45) is 0 Å². The molecule has 148 valence electrons. The third-order valence-corrected chi connectivity index (χ3v) is 5.74. The van der Waals surface area contributed by atoms with Crippen LogP contribution < -0.4 is 15.8 Å². The summed E-state index contributed by atoms with van der Waals surface area (Å²) in [4.78, 5) is 27.0. The average Bonchev–Trinajstić information content (AvgIpc) is 2.79. The van der Waals surface area contributed by atoms with Gasteiger partial charge in [0, 0.05) is 42.9 Å². The van der Waals surface area contributed by atoms with Gasteiger partial charge in [0.15, 0.2) is 0 Å². The van der Waals surface area contributed by atoms with Gasteiger partial charge in [-0.05, 0) is 35.9 Å². The van der Waals surface area contributed by atoms with Gasteiger partial charge in [-0.2, -0.15) is 21.5 Å². The van der Waals surface area contributed by atoms with Crippen molar-refractivity contribution < 1.29 is 4.79 Å². The first kappa shape index (κ1) is 19.3. The lowest BCUT2D eigenvalue weighted by molar-refractivity contribution is 0.0944. The third kappa shape index (κ3) is 4.68. The molecule has 0 atom stereocenters. The van der Waals surface area contributed by atoms with E-state index in [1.807, 2.05) is 42.1 Å². The molecule has 4 rings (SSSR count). The van der Waals surface area contributed by atoms with E-state index in [4.69, 9.17) is 0 Å². The van der Waals surface area contributed by atoms with E-state index in [9.17, 15) is 9.59 Å².